The first-order chi connectivity index (χ1) is 18.7. The van der Waals surface area contributed by atoms with Gasteiger partial charge in [0.25, 0.3) is 5.89 Å². The lowest BCUT2D eigenvalue weighted by atomic mass is 10.0. The second-order valence-electron chi connectivity index (χ2n) is 9.48. The summed E-state index contributed by atoms with van der Waals surface area (Å²) in [6.45, 7) is 2.15. The minimum absolute atomic E-state index is 0.0361. The van der Waals surface area contributed by atoms with Crippen LogP contribution in [0.3, 0.4) is 0 Å². The maximum absolute atomic E-state index is 14.0. The molecule has 0 aliphatic carbocycles. The molecular formula is C27H32N4O7S. The first-order valence-corrected chi connectivity index (χ1v) is 14.6. The first-order valence-electron chi connectivity index (χ1n) is 12.8. The SMILES string of the molecule is CCCCN(C(=O)c1nc2ccccc2o1)C(=O)C(CS(=O)(=O)Cc1ccccc1)C1CN(C(N)=O)CCO1. The summed E-state index contributed by atoms with van der Waals surface area (Å²) in [6, 6.07) is 14.7. The molecule has 12 heteroatoms. The summed E-state index contributed by atoms with van der Waals surface area (Å²) in [5.74, 6) is -3.92. The van der Waals surface area contributed by atoms with Crippen LogP contribution in [-0.4, -0.2) is 79.1 Å². The molecule has 3 aromatic rings. The third-order valence-electron chi connectivity index (χ3n) is 6.56. The Bertz CT molecular complexity index is 1390. The highest BCUT2D eigenvalue weighted by molar-refractivity contribution is 7.90. The number of aromatic nitrogens is 1. The number of primary amides is 1. The van der Waals surface area contributed by atoms with Crippen LogP contribution in [0.4, 0.5) is 4.79 Å². The second kappa shape index (κ2) is 12.4. The number of carbonyl (C=O) groups excluding carboxylic acids is 3. The maximum Gasteiger partial charge on any atom is 0.316 e. The van der Waals surface area contributed by atoms with Gasteiger partial charge in [-0.15, -0.1) is 0 Å². The quantitative estimate of drug-likeness (QED) is 0.400. The summed E-state index contributed by atoms with van der Waals surface area (Å²) in [5, 5.41) is 0. The fourth-order valence-electron chi connectivity index (χ4n) is 4.52. The number of nitrogens with zero attached hydrogens (tertiary/aromatic N) is 3. The van der Waals surface area contributed by atoms with Crippen LogP contribution in [-0.2, 0) is 25.1 Å². The Morgan fingerprint density at radius 3 is 2.54 bits per heavy atom. The third-order valence-corrected chi connectivity index (χ3v) is 8.20. The zero-order valence-corrected chi connectivity index (χ0v) is 22.5. The van der Waals surface area contributed by atoms with Gasteiger partial charge in [0.05, 0.1) is 30.1 Å². The molecule has 0 spiro atoms. The van der Waals surface area contributed by atoms with Crippen LogP contribution in [0.15, 0.2) is 59.0 Å². The van der Waals surface area contributed by atoms with Crippen LogP contribution in [0, 0.1) is 5.92 Å². The number of carbonyl (C=O) groups is 3. The second-order valence-corrected chi connectivity index (χ2v) is 11.6. The summed E-state index contributed by atoms with van der Waals surface area (Å²) < 4.78 is 38.1. The molecule has 1 saturated heterocycles. The zero-order chi connectivity index (χ0) is 28.0. The van der Waals surface area contributed by atoms with Gasteiger partial charge in [0.1, 0.15) is 5.52 Å². The molecule has 2 unspecified atom stereocenters. The van der Waals surface area contributed by atoms with Crippen molar-refractivity contribution in [2.45, 2.75) is 31.6 Å². The first kappa shape index (κ1) is 28.2. The maximum atomic E-state index is 14.0. The molecule has 1 fully saturated rings. The van der Waals surface area contributed by atoms with Crippen molar-refractivity contribution in [3.8, 4) is 0 Å². The molecule has 2 aromatic carbocycles. The fraction of sp³-hybridized carbons (Fsp3) is 0.407. The molecule has 4 rings (SSSR count). The van der Waals surface area contributed by atoms with Gasteiger partial charge in [0.2, 0.25) is 5.91 Å². The molecule has 0 saturated carbocycles. The minimum Gasteiger partial charge on any atom is -0.432 e. The van der Waals surface area contributed by atoms with Gasteiger partial charge in [-0.25, -0.2) is 18.2 Å². The van der Waals surface area contributed by atoms with Gasteiger partial charge in [0, 0.05) is 19.6 Å². The van der Waals surface area contributed by atoms with Crippen LogP contribution in [0.5, 0.6) is 0 Å². The van der Waals surface area contributed by atoms with Gasteiger partial charge in [-0.2, -0.15) is 0 Å². The van der Waals surface area contributed by atoms with E-state index >= 15 is 0 Å². The Balaban J connectivity index is 1.67. The van der Waals surface area contributed by atoms with Crippen LogP contribution < -0.4 is 5.73 Å². The highest BCUT2D eigenvalue weighted by Crippen LogP contribution is 2.24. The number of urea groups is 1. The Morgan fingerprint density at radius 1 is 1.13 bits per heavy atom. The number of sulfone groups is 1. The number of fused-ring (bicyclic) bond motifs is 1. The van der Waals surface area contributed by atoms with Gasteiger partial charge < -0.3 is 19.8 Å². The number of ether oxygens (including phenoxy) is 1. The van der Waals surface area contributed by atoms with E-state index in [4.69, 9.17) is 14.9 Å². The molecule has 2 heterocycles. The number of nitrogens with two attached hydrogens (primary N) is 1. The number of para-hydroxylation sites is 2. The van der Waals surface area contributed by atoms with E-state index < -0.39 is 45.5 Å². The number of hydrogen-bond donors (Lipinski definition) is 1. The number of morpholine rings is 1. The molecule has 4 amide bonds. The number of oxazole rings is 1. The summed E-state index contributed by atoms with van der Waals surface area (Å²) in [5.41, 5.74) is 6.88. The molecule has 1 aromatic heterocycles. The molecular weight excluding hydrogens is 524 g/mol. The number of amides is 4. The van der Waals surface area contributed by atoms with Crippen LogP contribution in [0.25, 0.3) is 11.1 Å². The molecule has 2 N–H and O–H groups in total. The van der Waals surface area contributed by atoms with Crippen molar-refractivity contribution >= 4 is 38.8 Å². The average molecular weight is 557 g/mol. The number of unbranched alkanes of at least 4 members (excludes halogenated alkanes) is 1. The lowest BCUT2D eigenvalue weighted by Gasteiger charge is -2.37. The lowest BCUT2D eigenvalue weighted by molar-refractivity contribution is -0.140. The highest BCUT2D eigenvalue weighted by atomic mass is 32.2. The van der Waals surface area contributed by atoms with E-state index in [1.54, 1.807) is 54.6 Å². The van der Waals surface area contributed by atoms with E-state index in [2.05, 4.69) is 4.98 Å². The van der Waals surface area contributed by atoms with E-state index in [-0.39, 0.29) is 37.9 Å². The lowest BCUT2D eigenvalue weighted by Crippen LogP contribution is -2.55. The highest BCUT2D eigenvalue weighted by Gasteiger charge is 2.41. The van der Waals surface area contributed by atoms with Crippen LogP contribution >= 0.6 is 0 Å². The molecule has 39 heavy (non-hydrogen) atoms. The standard InChI is InChI=1S/C27H32N4O7S/c1-2-3-13-31(26(33)24-29-21-11-7-8-12-22(21)38-24)25(32)20(23-16-30(27(28)34)14-15-37-23)18-39(35,36)17-19-9-5-4-6-10-19/h4-12,20,23H,2-3,13-18H2,1H3,(H2,28,34). The molecule has 1 aliphatic heterocycles. The molecule has 11 nitrogen and oxygen atoms in total. The van der Waals surface area contributed by atoms with E-state index in [1.165, 1.54) is 4.90 Å². The topological polar surface area (TPSA) is 153 Å². The monoisotopic (exact) mass is 556 g/mol. The van der Waals surface area contributed by atoms with Crippen molar-refractivity contribution < 1.29 is 32.0 Å². The van der Waals surface area contributed by atoms with Gasteiger partial charge >= 0.3 is 11.9 Å². The number of rotatable bonds is 10. The average Bonchev–Trinajstić information content (AvgIpc) is 3.36. The minimum atomic E-state index is -3.84. The number of imide groups is 1. The van der Waals surface area contributed by atoms with Crippen LogP contribution in [0.2, 0.25) is 0 Å². The Hall–Kier alpha value is -3.77. The van der Waals surface area contributed by atoms with Crippen molar-refractivity contribution in [3.63, 3.8) is 0 Å². The number of hydrogen-bond acceptors (Lipinski definition) is 8. The van der Waals surface area contributed by atoms with E-state index in [0.717, 1.165) is 4.90 Å². The normalized spacial score (nSPS) is 16.6. The zero-order valence-electron chi connectivity index (χ0n) is 21.7. The number of benzene rings is 2. The van der Waals surface area contributed by atoms with Crippen molar-refractivity contribution in [1.82, 2.24) is 14.8 Å². The van der Waals surface area contributed by atoms with Crippen molar-refractivity contribution in [2.24, 2.45) is 11.7 Å². The summed E-state index contributed by atoms with van der Waals surface area (Å²) >= 11 is 0. The molecule has 0 bridgehead atoms. The van der Waals surface area contributed by atoms with Crippen molar-refractivity contribution in [3.05, 3.63) is 66.1 Å². The Labute approximate surface area is 226 Å². The molecule has 0 radical (unpaired) electrons. The van der Waals surface area contributed by atoms with Crippen LogP contribution in [0.1, 0.15) is 36.0 Å². The van der Waals surface area contributed by atoms with Gasteiger partial charge in [0.15, 0.2) is 15.4 Å². The predicted octanol–water partition coefficient (Wildman–Crippen LogP) is 2.61. The molecule has 208 valence electrons. The smallest absolute Gasteiger partial charge is 0.316 e. The van der Waals surface area contributed by atoms with Gasteiger partial charge in [-0.1, -0.05) is 55.8 Å². The third kappa shape index (κ3) is 7.01. The van der Waals surface area contributed by atoms with E-state index in [0.29, 0.717) is 29.5 Å². The van der Waals surface area contributed by atoms with E-state index in [1.807, 2.05) is 6.92 Å². The Kier molecular flexibility index (Phi) is 8.97. The summed E-state index contributed by atoms with van der Waals surface area (Å²) in [6.07, 6.45) is 0.182. The fourth-order valence-corrected chi connectivity index (χ4v) is 6.25. The Morgan fingerprint density at radius 2 is 1.85 bits per heavy atom. The van der Waals surface area contributed by atoms with Crippen molar-refractivity contribution in [2.75, 3.05) is 32.0 Å². The molecule has 2 atom stereocenters. The molecule has 1 aliphatic rings. The largest absolute Gasteiger partial charge is 0.432 e. The van der Waals surface area contributed by atoms with Gasteiger partial charge in [-0.05, 0) is 24.1 Å². The summed E-state index contributed by atoms with van der Waals surface area (Å²) in [7, 11) is -3.84. The van der Waals surface area contributed by atoms with Crippen molar-refractivity contribution in [1.29, 1.82) is 0 Å². The van der Waals surface area contributed by atoms with Gasteiger partial charge in [-0.3, -0.25) is 14.5 Å². The van der Waals surface area contributed by atoms with E-state index in [9.17, 15) is 22.8 Å². The summed E-state index contributed by atoms with van der Waals surface area (Å²) in [4.78, 5) is 46.0. The predicted molar refractivity (Wildman–Crippen MR) is 143 cm³/mol.